The average molecular weight is 1180 g/mol. The first-order chi connectivity index (χ1) is 38.5. The Bertz CT molecular complexity index is 2320. The Morgan fingerprint density at radius 3 is 1.26 bits per heavy atom. The summed E-state index contributed by atoms with van der Waals surface area (Å²) in [7, 11) is 3.38. The van der Waals surface area contributed by atoms with Gasteiger partial charge in [-0.2, -0.15) is 26.3 Å². The van der Waals surface area contributed by atoms with Crippen LogP contribution in [0.5, 0.6) is 0 Å². The second kappa shape index (κ2) is 29.8. The number of carbonyl (C=O) groups excluding carboxylic acids is 2. The van der Waals surface area contributed by atoms with Crippen molar-refractivity contribution in [3.05, 3.63) is 58.2 Å². The van der Waals surface area contributed by atoms with Crippen molar-refractivity contribution in [2.24, 2.45) is 22.7 Å². The van der Waals surface area contributed by atoms with Gasteiger partial charge in [0.2, 0.25) is 11.8 Å². The standard InChI is InChI=1S/2C24H34F3N3O3.2C4H6O4.H2/c2*1-15(2)23(7-4-18(11-23)29-20-6-9-33-14-21(20)32-3)22(31)30-8-5-19-16(13-30)10-17(12-28-19)24(25,26)27;2*5-3(6)1-2-4(7)8;/h2*10,12,15,18,20-21,29H,4-9,11,13-14H2,1-3H3;2*1-2H2,(H,5,6)(H,7,8);1H/t2*18-,20+,21-,23+;;;/m11.../s1. The van der Waals surface area contributed by atoms with Gasteiger partial charge in [-0.25, -0.2) is 0 Å². The molecule has 8 atom stereocenters. The Hall–Kier alpha value is -5.54. The lowest BCUT2D eigenvalue weighted by atomic mass is 9.74. The summed E-state index contributed by atoms with van der Waals surface area (Å²) in [6.07, 6.45) is -0.825. The second-order valence-electron chi connectivity index (χ2n) is 22.5. The molecule has 20 nitrogen and oxygen atoms in total. The molecule has 0 spiro atoms. The third-order valence-electron chi connectivity index (χ3n) is 16.7. The van der Waals surface area contributed by atoms with Crippen molar-refractivity contribution in [2.75, 3.05) is 53.7 Å². The molecule has 82 heavy (non-hydrogen) atoms. The SMILES string of the molecule is CO[C@@H]1COCC[C@@H]1N[C@@H]1CC[C@@](C(=O)N2CCc3ncc(C(F)(F)F)cc3C2)(C(C)C)C1.CO[C@@H]1COCC[C@@H]1N[C@@H]1CC[C@@](C(=O)N2CCc3ncc(C(F)(F)F)cc3C2)(C(C)C)C1.O=C(O)CCC(=O)O.O=C(O)CCC(=O)O.[HH]. The van der Waals surface area contributed by atoms with Crippen molar-refractivity contribution in [1.82, 2.24) is 30.4 Å². The topological polar surface area (TPSA) is 277 Å². The van der Waals surface area contributed by atoms with Crippen molar-refractivity contribution in [3.8, 4) is 0 Å². The molecular formula is C56H82F6N6O14. The molecule has 2 amide bonds. The zero-order chi connectivity index (χ0) is 60.7. The predicted octanol–water partition coefficient (Wildman–Crippen LogP) is 7.26. The lowest BCUT2D eigenvalue weighted by molar-refractivity contribution is -0.146. The predicted molar refractivity (Wildman–Crippen MR) is 284 cm³/mol. The minimum atomic E-state index is -4.44. The molecule has 2 aromatic rings. The maximum atomic E-state index is 13.8. The summed E-state index contributed by atoms with van der Waals surface area (Å²) >= 11 is 0. The van der Waals surface area contributed by atoms with E-state index in [1.807, 2.05) is 0 Å². The molecule has 6 heterocycles. The number of fused-ring (bicyclic) bond motifs is 2. The molecule has 2 saturated heterocycles. The number of hydrogen-bond donors (Lipinski definition) is 6. The van der Waals surface area contributed by atoms with Crippen LogP contribution in [0, 0.1) is 22.7 Å². The maximum Gasteiger partial charge on any atom is 0.417 e. The molecule has 2 aliphatic carbocycles. The number of carboxylic acids is 4. The van der Waals surface area contributed by atoms with E-state index in [-0.39, 0.29) is 100 Å². The first-order valence-electron chi connectivity index (χ1n) is 27.8. The van der Waals surface area contributed by atoms with Crippen LogP contribution in [0.1, 0.15) is 140 Å². The number of nitrogens with zero attached hydrogens (tertiary/aromatic N) is 4. The fraction of sp³-hybridized carbons (Fsp3) is 0.714. The molecule has 0 bridgehead atoms. The summed E-state index contributed by atoms with van der Waals surface area (Å²) in [5, 5.41) is 39.0. The van der Waals surface area contributed by atoms with E-state index in [4.69, 9.17) is 39.4 Å². The highest BCUT2D eigenvalue weighted by Crippen LogP contribution is 2.48. The molecule has 0 radical (unpaired) electrons. The summed E-state index contributed by atoms with van der Waals surface area (Å²) in [5.74, 6) is -3.93. The molecule has 26 heteroatoms. The highest BCUT2D eigenvalue weighted by Gasteiger charge is 2.52. The van der Waals surface area contributed by atoms with Gasteiger partial charge >= 0.3 is 36.2 Å². The van der Waals surface area contributed by atoms with E-state index in [9.17, 15) is 55.1 Å². The van der Waals surface area contributed by atoms with E-state index in [1.54, 1.807) is 24.0 Å². The fourth-order valence-corrected chi connectivity index (χ4v) is 11.8. The Morgan fingerprint density at radius 2 is 0.963 bits per heavy atom. The molecule has 462 valence electrons. The van der Waals surface area contributed by atoms with Crippen LogP contribution in [-0.4, -0.2) is 166 Å². The zero-order valence-corrected chi connectivity index (χ0v) is 47.4. The Balaban J connectivity index is 0.000000280. The van der Waals surface area contributed by atoms with Crippen molar-refractivity contribution in [2.45, 2.75) is 179 Å². The number of carbonyl (C=O) groups is 6. The molecule has 4 aliphatic heterocycles. The van der Waals surface area contributed by atoms with Crippen molar-refractivity contribution >= 4 is 35.7 Å². The minimum absolute atomic E-state index is 0. The highest BCUT2D eigenvalue weighted by atomic mass is 19.4. The highest BCUT2D eigenvalue weighted by molar-refractivity contribution is 5.84. The first kappa shape index (κ1) is 67.3. The number of nitrogens with one attached hydrogen (secondary N) is 2. The normalized spacial score (nSPS) is 26.2. The zero-order valence-electron chi connectivity index (χ0n) is 47.4. The quantitative estimate of drug-likeness (QED) is 0.0902. The Kier molecular flexibility index (Phi) is 24.5. The number of aliphatic carboxylic acids is 4. The summed E-state index contributed by atoms with van der Waals surface area (Å²) in [6.45, 7) is 12.2. The summed E-state index contributed by atoms with van der Waals surface area (Å²) < 4.78 is 101. The van der Waals surface area contributed by atoms with Crippen LogP contribution < -0.4 is 10.6 Å². The minimum Gasteiger partial charge on any atom is -0.481 e. The van der Waals surface area contributed by atoms with E-state index < -0.39 is 58.2 Å². The van der Waals surface area contributed by atoms with Gasteiger partial charge in [-0.1, -0.05) is 27.7 Å². The van der Waals surface area contributed by atoms with Gasteiger partial charge in [0.05, 0.1) is 73.1 Å². The van der Waals surface area contributed by atoms with E-state index in [2.05, 4.69) is 48.3 Å². The number of rotatable bonds is 16. The number of aromatic nitrogens is 2. The van der Waals surface area contributed by atoms with Gasteiger partial charge in [-0.15, -0.1) is 0 Å². The third-order valence-corrected chi connectivity index (χ3v) is 16.7. The van der Waals surface area contributed by atoms with Crippen LogP contribution in [0.4, 0.5) is 26.3 Å². The lowest BCUT2D eigenvalue weighted by Gasteiger charge is -2.40. The molecule has 6 N–H and O–H groups in total. The van der Waals surface area contributed by atoms with Crippen molar-refractivity contribution in [1.29, 1.82) is 0 Å². The summed E-state index contributed by atoms with van der Waals surface area (Å²) in [4.78, 5) is 77.8. The molecule has 4 fully saturated rings. The average Bonchev–Trinajstić information content (AvgIpc) is 4.22. The van der Waals surface area contributed by atoms with Gasteiger partial charge in [-0.05, 0) is 86.5 Å². The number of alkyl halides is 6. The Labute approximate surface area is 474 Å². The fourth-order valence-electron chi connectivity index (χ4n) is 11.8. The van der Waals surface area contributed by atoms with Gasteiger partial charge in [0.15, 0.2) is 0 Å². The smallest absolute Gasteiger partial charge is 0.417 e. The summed E-state index contributed by atoms with van der Waals surface area (Å²) in [6, 6.07) is 3.10. The van der Waals surface area contributed by atoms with E-state index in [0.717, 1.165) is 75.9 Å². The van der Waals surface area contributed by atoms with Crippen LogP contribution >= 0.6 is 0 Å². The molecule has 2 aromatic heterocycles. The number of hydrogen-bond acceptors (Lipinski definition) is 14. The number of amides is 2. The van der Waals surface area contributed by atoms with E-state index >= 15 is 0 Å². The number of methoxy groups -OCH3 is 2. The molecule has 8 rings (SSSR count). The van der Waals surface area contributed by atoms with Crippen LogP contribution in [0.15, 0.2) is 24.5 Å². The molecule has 0 aromatic carbocycles. The molecular weight excluding hydrogens is 1090 g/mol. The third kappa shape index (κ3) is 18.2. The Morgan fingerprint density at radius 1 is 0.622 bits per heavy atom. The van der Waals surface area contributed by atoms with Gasteiger partial charge in [0.25, 0.3) is 0 Å². The van der Waals surface area contributed by atoms with E-state index in [1.165, 1.54) is 0 Å². The number of pyridine rings is 2. The van der Waals surface area contributed by atoms with Gasteiger partial charge in [-0.3, -0.25) is 38.7 Å². The van der Waals surface area contributed by atoms with Gasteiger partial charge in [0, 0.05) is 116 Å². The van der Waals surface area contributed by atoms with Crippen LogP contribution in [0.2, 0.25) is 0 Å². The van der Waals surface area contributed by atoms with Crippen LogP contribution in [0.3, 0.4) is 0 Å². The first-order valence-corrected chi connectivity index (χ1v) is 27.8. The summed E-state index contributed by atoms with van der Waals surface area (Å²) in [5.41, 5.74) is -0.242. The molecule has 6 aliphatic rings. The van der Waals surface area contributed by atoms with E-state index in [0.29, 0.717) is 74.9 Å². The van der Waals surface area contributed by atoms with Crippen LogP contribution in [0.25, 0.3) is 0 Å². The van der Waals surface area contributed by atoms with Crippen molar-refractivity contribution in [3.63, 3.8) is 0 Å². The monoisotopic (exact) mass is 1180 g/mol. The number of ether oxygens (including phenoxy) is 4. The maximum absolute atomic E-state index is 13.8. The number of carboxylic acid groups (broad SMARTS) is 4. The number of halogens is 6. The van der Waals surface area contributed by atoms with Gasteiger partial charge in [0.1, 0.15) is 0 Å². The van der Waals surface area contributed by atoms with Gasteiger partial charge < -0.3 is 59.8 Å². The largest absolute Gasteiger partial charge is 0.481 e. The van der Waals surface area contributed by atoms with Crippen LogP contribution in [-0.2, 0) is 86.0 Å². The second-order valence-corrected chi connectivity index (χ2v) is 22.5. The molecule has 0 unspecified atom stereocenters. The van der Waals surface area contributed by atoms with Crippen molar-refractivity contribution < 1.29 is 95.9 Å². The lowest BCUT2D eigenvalue weighted by Crippen LogP contribution is -2.52. The molecule has 2 saturated carbocycles.